The van der Waals surface area contributed by atoms with Crippen molar-refractivity contribution in [2.24, 2.45) is 0 Å². The lowest BCUT2D eigenvalue weighted by Gasteiger charge is -2.18. The van der Waals surface area contributed by atoms with Crippen LogP contribution in [0.4, 0.5) is 11.4 Å². The van der Waals surface area contributed by atoms with E-state index in [4.69, 9.17) is 9.47 Å². The average Bonchev–Trinajstić information content (AvgIpc) is 3.09. The summed E-state index contributed by atoms with van der Waals surface area (Å²) in [5, 5.41) is 12.8. The minimum atomic E-state index is -0.267. The van der Waals surface area contributed by atoms with Crippen molar-refractivity contribution in [1.82, 2.24) is 10.2 Å². The van der Waals surface area contributed by atoms with Crippen LogP contribution in [0.15, 0.2) is 42.5 Å². The van der Waals surface area contributed by atoms with Crippen LogP contribution in [0.5, 0.6) is 11.5 Å². The highest BCUT2D eigenvalue weighted by Crippen LogP contribution is 2.37. The molecular formula is C24H28N4O4. The van der Waals surface area contributed by atoms with Crippen LogP contribution < -0.4 is 20.1 Å². The minimum Gasteiger partial charge on any atom is -0.492 e. The highest BCUT2D eigenvalue weighted by molar-refractivity contribution is 6.05. The van der Waals surface area contributed by atoms with E-state index in [-0.39, 0.29) is 18.2 Å². The second-order valence-electron chi connectivity index (χ2n) is 7.17. The van der Waals surface area contributed by atoms with E-state index in [2.05, 4.69) is 20.8 Å². The lowest BCUT2D eigenvalue weighted by molar-refractivity contribution is -0.115. The molecule has 8 nitrogen and oxygen atoms in total. The number of carbonyl (C=O) groups is 2. The molecule has 0 spiro atoms. The molecule has 0 saturated carbocycles. The summed E-state index contributed by atoms with van der Waals surface area (Å²) in [7, 11) is 0. The first-order valence-electron chi connectivity index (χ1n) is 10.5. The molecule has 0 fully saturated rings. The summed E-state index contributed by atoms with van der Waals surface area (Å²) in [6.45, 7) is 8.22. The van der Waals surface area contributed by atoms with Crippen LogP contribution in [-0.4, -0.2) is 35.2 Å². The van der Waals surface area contributed by atoms with E-state index in [0.717, 1.165) is 17.0 Å². The number of aromatic amines is 1. The van der Waals surface area contributed by atoms with Gasteiger partial charge in [0.2, 0.25) is 5.91 Å². The highest BCUT2D eigenvalue weighted by Gasteiger charge is 2.18. The van der Waals surface area contributed by atoms with Crippen molar-refractivity contribution in [2.45, 2.75) is 34.1 Å². The Bertz CT molecular complexity index is 1070. The number of aromatic nitrogens is 2. The van der Waals surface area contributed by atoms with Gasteiger partial charge in [0.05, 0.1) is 36.7 Å². The number of rotatable bonds is 9. The second-order valence-corrected chi connectivity index (χ2v) is 7.17. The summed E-state index contributed by atoms with van der Waals surface area (Å²) in [4.78, 5) is 25.4. The van der Waals surface area contributed by atoms with Crippen molar-refractivity contribution in [3.63, 3.8) is 0 Å². The number of amides is 2. The Kier molecular flexibility index (Phi) is 7.49. The smallest absolute Gasteiger partial charge is 0.255 e. The van der Waals surface area contributed by atoms with Gasteiger partial charge in [-0.2, -0.15) is 5.10 Å². The second kappa shape index (κ2) is 10.5. The fourth-order valence-electron chi connectivity index (χ4n) is 3.28. The molecule has 0 aliphatic heterocycles. The molecule has 0 radical (unpaired) electrons. The molecule has 0 bridgehead atoms. The molecule has 168 valence electrons. The summed E-state index contributed by atoms with van der Waals surface area (Å²) in [6.07, 6.45) is 0.177. The van der Waals surface area contributed by atoms with Crippen LogP contribution in [0.3, 0.4) is 0 Å². The summed E-state index contributed by atoms with van der Waals surface area (Å²) >= 11 is 0. The van der Waals surface area contributed by atoms with Crippen molar-refractivity contribution < 1.29 is 19.1 Å². The average molecular weight is 437 g/mol. The van der Waals surface area contributed by atoms with Crippen LogP contribution in [-0.2, 0) is 11.2 Å². The molecule has 8 heteroatoms. The molecule has 0 atom stereocenters. The van der Waals surface area contributed by atoms with Gasteiger partial charge in [0.15, 0.2) is 0 Å². The number of anilines is 2. The Morgan fingerprint density at radius 3 is 2.06 bits per heavy atom. The minimum absolute atomic E-state index is 0.177. The number of aryl methyl sites for hydroxylation is 2. The summed E-state index contributed by atoms with van der Waals surface area (Å²) in [5.41, 5.74) is 3.96. The predicted octanol–water partition coefficient (Wildman–Crippen LogP) is 4.26. The molecular weight excluding hydrogens is 408 g/mol. The molecule has 0 saturated heterocycles. The van der Waals surface area contributed by atoms with Gasteiger partial charge >= 0.3 is 0 Å². The standard InChI is InChI=1S/C24H28N4O4/c1-5-31-21-14-20(26-24(30)17-10-8-7-9-11-17)22(32-6-2)13-19(21)25-23(29)12-18-15(3)27-28-16(18)4/h7-11,13-14H,5-6,12H2,1-4H3,(H,25,29)(H,26,30)(H,27,28). The third-order valence-electron chi connectivity index (χ3n) is 4.86. The maximum atomic E-state index is 12.7. The van der Waals surface area contributed by atoms with Crippen LogP contribution in [0.1, 0.15) is 41.2 Å². The quantitative estimate of drug-likeness (QED) is 0.465. The predicted molar refractivity (Wildman–Crippen MR) is 124 cm³/mol. The largest absolute Gasteiger partial charge is 0.492 e. The van der Waals surface area contributed by atoms with Crippen LogP contribution in [0, 0.1) is 13.8 Å². The lowest BCUT2D eigenvalue weighted by atomic mass is 10.1. The van der Waals surface area contributed by atoms with Gasteiger partial charge in [0, 0.05) is 29.0 Å². The first-order chi connectivity index (χ1) is 15.4. The summed E-state index contributed by atoms with van der Waals surface area (Å²) in [5.74, 6) is 0.401. The van der Waals surface area contributed by atoms with Gasteiger partial charge in [0.25, 0.3) is 5.91 Å². The third kappa shape index (κ3) is 5.46. The van der Waals surface area contributed by atoms with Gasteiger partial charge in [-0.1, -0.05) is 18.2 Å². The number of carbonyl (C=O) groups excluding carboxylic acids is 2. The van der Waals surface area contributed by atoms with E-state index in [9.17, 15) is 9.59 Å². The molecule has 2 amide bonds. The lowest BCUT2D eigenvalue weighted by Crippen LogP contribution is -2.17. The van der Waals surface area contributed by atoms with Gasteiger partial charge in [-0.15, -0.1) is 0 Å². The van der Waals surface area contributed by atoms with Gasteiger partial charge < -0.3 is 20.1 Å². The van der Waals surface area contributed by atoms with Crippen LogP contribution >= 0.6 is 0 Å². The molecule has 3 aromatic rings. The number of nitrogens with one attached hydrogen (secondary N) is 3. The van der Waals surface area contributed by atoms with Gasteiger partial charge in [-0.05, 0) is 39.8 Å². The zero-order valence-corrected chi connectivity index (χ0v) is 18.7. The highest BCUT2D eigenvalue weighted by atomic mass is 16.5. The topological polar surface area (TPSA) is 105 Å². The molecule has 3 rings (SSSR count). The fraction of sp³-hybridized carbons (Fsp3) is 0.292. The molecule has 0 aliphatic carbocycles. The number of benzene rings is 2. The zero-order valence-electron chi connectivity index (χ0n) is 18.7. The monoisotopic (exact) mass is 436 g/mol. The number of hydrogen-bond donors (Lipinski definition) is 3. The first kappa shape index (κ1) is 22.9. The maximum absolute atomic E-state index is 12.7. The van der Waals surface area contributed by atoms with Crippen molar-refractivity contribution in [3.8, 4) is 11.5 Å². The first-order valence-corrected chi connectivity index (χ1v) is 10.5. The van der Waals surface area contributed by atoms with Crippen LogP contribution in [0.25, 0.3) is 0 Å². The zero-order chi connectivity index (χ0) is 23.1. The van der Waals surface area contributed by atoms with E-state index < -0.39 is 0 Å². The Balaban J connectivity index is 1.88. The molecule has 1 heterocycles. The SMILES string of the molecule is CCOc1cc(NC(=O)c2ccccc2)c(OCC)cc1NC(=O)Cc1c(C)n[nH]c1C. The van der Waals surface area contributed by atoms with E-state index in [1.165, 1.54) is 0 Å². The summed E-state index contributed by atoms with van der Waals surface area (Å²) < 4.78 is 11.5. The number of ether oxygens (including phenoxy) is 2. The van der Waals surface area contributed by atoms with E-state index >= 15 is 0 Å². The third-order valence-corrected chi connectivity index (χ3v) is 4.86. The maximum Gasteiger partial charge on any atom is 0.255 e. The fourth-order valence-corrected chi connectivity index (χ4v) is 3.28. The van der Waals surface area contributed by atoms with Gasteiger partial charge in [0.1, 0.15) is 11.5 Å². The van der Waals surface area contributed by atoms with Crippen molar-refractivity contribution >= 4 is 23.2 Å². The molecule has 32 heavy (non-hydrogen) atoms. The van der Waals surface area contributed by atoms with Gasteiger partial charge in [-0.25, -0.2) is 0 Å². The molecule has 1 aromatic heterocycles. The van der Waals surface area contributed by atoms with Crippen LogP contribution in [0.2, 0.25) is 0 Å². The number of H-pyrrole nitrogens is 1. The molecule has 0 unspecified atom stereocenters. The van der Waals surface area contributed by atoms with E-state index in [1.54, 1.807) is 36.4 Å². The van der Waals surface area contributed by atoms with Crippen molar-refractivity contribution in [1.29, 1.82) is 0 Å². The van der Waals surface area contributed by atoms with E-state index in [0.29, 0.717) is 41.7 Å². The Labute approximate surface area is 187 Å². The Morgan fingerprint density at radius 1 is 0.938 bits per heavy atom. The molecule has 2 aromatic carbocycles. The van der Waals surface area contributed by atoms with E-state index in [1.807, 2.05) is 33.8 Å². The Morgan fingerprint density at radius 2 is 1.53 bits per heavy atom. The molecule has 0 aliphatic rings. The number of hydrogen-bond acceptors (Lipinski definition) is 5. The Hall–Kier alpha value is -3.81. The normalized spacial score (nSPS) is 10.5. The molecule has 3 N–H and O–H groups in total. The van der Waals surface area contributed by atoms with Crippen molar-refractivity contribution in [2.75, 3.05) is 23.8 Å². The van der Waals surface area contributed by atoms with Gasteiger partial charge in [-0.3, -0.25) is 14.7 Å². The summed E-state index contributed by atoms with van der Waals surface area (Å²) in [6, 6.07) is 12.2. The van der Waals surface area contributed by atoms with Crippen molar-refractivity contribution in [3.05, 3.63) is 65.0 Å². The number of nitrogens with zero attached hydrogens (tertiary/aromatic N) is 1.